The minimum absolute atomic E-state index is 0.360. The summed E-state index contributed by atoms with van der Waals surface area (Å²) in [6.07, 6.45) is -1.04. The Hall–Kier alpha value is -2.25. The molecular formula is C11H12F2N2O4. The highest BCUT2D eigenvalue weighted by Gasteiger charge is 2.25. The molecule has 1 aromatic rings. The molecule has 0 saturated carbocycles. The minimum atomic E-state index is -1.38. The first-order valence-corrected chi connectivity index (χ1v) is 5.23. The Labute approximate surface area is 107 Å². The largest absolute Gasteiger partial charge is 0.444 e. The lowest BCUT2D eigenvalue weighted by molar-refractivity contribution is -0.386. The lowest BCUT2D eigenvalue weighted by Gasteiger charge is -2.19. The number of halogens is 2. The summed E-state index contributed by atoms with van der Waals surface area (Å²) in [4.78, 5) is 21.0. The molecule has 0 heterocycles. The zero-order valence-corrected chi connectivity index (χ0v) is 10.5. The lowest BCUT2D eigenvalue weighted by atomic mass is 10.2. The van der Waals surface area contributed by atoms with Crippen LogP contribution in [0.15, 0.2) is 12.1 Å². The summed E-state index contributed by atoms with van der Waals surface area (Å²) in [7, 11) is 0. The molecule has 0 spiro atoms. The molecule has 8 heteroatoms. The van der Waals surface area contributed by atoms with Gasteiger partial charge in [0.05, 0.1) is 4.92 Å². The topological polar surface area (TPSA) is 81.5 Å². The van der Waals surface area contributed by atoms with Gasteiger partial charge in [-0.05, 0) is 20.8 Å². The molecule has 0 aliphatic rings. The molecular weight excluding hydrogens is 262 g/mol. The Kier molecular flexibility index (Phi) is 4.03. The molecule has 0 aliphatic carbocycles. The Morgan fingerprint density at radius 3 is 2.42 bits per heavy atom. The first-order chi connectivity index (χ1) is 8.60. The van der Waals surface area contributed by atoms with Crippen LogP contribution in [-0.4, -0.2) is 16.6 Å². The van der Waals surface area contributed by atoms with Gasteiger partial charge in [0.1, 0.15) is 17.1 Å². The average Bonchev–Trinajstić information content (AvgIpc) is 2.10. The van der Waals surface area contributed by atoms with Crippen LogP contribution in [0.2, 0.25) is 0 Å². The molecule has 0 bridgehead atoms. The highest BCUT2D eigenvalue weighted by molar-refractivity contribution is 5.88. The standard InChI is InChI=1S/C11H12F2N2O4/c1-11(2,3)19-10(16)14-8-5-6(12)4-7(13)9(8)15(17)18/h4-5H,1-3H3,(H,14,16). The molecule has 0 aliphatic heterocycles. The lowest BCUT2D eigenvalue weighted by Crippen LogP contribution is -2.27. The molecule has 0 fully saturated rings. The van der Waals surface area contributed by atoms with Crippen molar-refractivity contribution in [2.24, 2.45) is 0 Å². The summed E-state index contributed by atoms with van der Waals surface area (Å²) in [5.74, 6) is -2.43. The second kappa shape index (κ2) is 5.17. The van der Waals surface area contributed by atoms with Crippen molar-refractivity contribution >= 4 is 17.5 Å². The van der Waals surface area contributed by atoms with Crippen LogP contribution in [0.25, 0.3) is 0 Å². The number of ether oxygens (including phenoxy) is 1. The van der Waals surface area contributed by atoms with Gasteiger partial charge < -0.3 is 4.74 Å². The molecule has 0 aromatic heterocycles. The third-order valence-corrected chi connectivity index (χ3v) is 1.85. The van der Waals surface area contributed by atoms with Crippen LogP contribution in [0.4, 0.5) is 25.0 Å². The van der Waals surface area contributed by atoms with Gasteiger partial charge in [0.15, 0.2) is 0 Å². The Morgan fingerprint density at radius 2 is 1.95 bits per heavy atom. The number of anilines is 1. The van der Waals surface area contributed by atoms with Crippen LogP contribution in [-0.2, 0) is 4.74 Å². The number of amides is 1. The van der Waals surface area contributed by atoms with E-state index < -0.39 is 39.6 Å². The third kappa shape index (κ3) is 4.16. The van der Waals surface area contributed by atoms with E-state index >= 15 is 0 Å². The second-order valence-electron chi connectivity index (χ2n) is 4.67. The first kappa shape index (κ1) is 14.8. The van der Waals surface area contributed by atoms with Crippen LogP contribution >= 0.6 is 0 Å². The van der Waals surface area contributed by atoms with Gasteiger partial charge in [-0.25, -0.2) is 9.18 Å². The Bertz CT molecular complexity index is 526. The zero-order valence-electron chi connectivity index (χ0n) is 10.5. The van der Waals surface area contributed by atoms with E-state index in [-0.39, 0.29) is 0 Å². The van der Waals surface area contributed by atoms with Gasteiger partial charge in [0.25, 0.3) is 0 Å². The van der Waals surface area contributed by atoms with E-state index in [0.717, 1.165) is 0 Å². The van der Waals surface area contributed by atoms with Gasteiger partial charge in [0.2, 0.25) is 5.82 Å². The number of carbonyl (C=O) groups is 1. The number of hydrogen-bond donors (Lipinski definition) is 1. The van der Waals surface area contributed by atoms with Crippen molar-refractivity contribution < 1.29 is 23.2 Å². The third-order valence-electron chi connectivity index (χ3n) is 1.85. The number of nitrogens with one attached hydrogen (secondary N) is 1. The quantitative estimate of drug-likeness (QED) is 0.663. The average molecular weight is 274 g/mol. The molecule has 1 amide bonds. The maximum absolute atomic E-state index is 13.3. The molecule has 0 saturated heterocycles. The molecule has 1 N–H and O–H groups in total. The van der Waals surface area contributed by atoms with E-state index in [2.05, 4.69) is 0 Å². The fourth-order valence-electron chi connectivity index (χ4n) is 1.26. The van der Waals surface area contributed by atoms with Crippen molar-refractivity contribution in [1.82, 2.24) is 0 Å². The predicted molar refractivity (Wildman–Crippen MR) is 62.9 cm³/mol. The molecule has 6 nitrogen and oxygen atoms in total. The van der Waals surface area contributed by atoms with E-state index in [1.165, 1.54) is 0 Å². The van der Waals surface area contributed by atoms with Crippen LogP contribution in [0, 0.1) is 21.7 Å². The van der Waals surface area contributed by atoms with E-state index in [4.69, 9.17) is 4.74 Å². The second-order valence-corrected chi connectivity index (χ2v) is 4.67. The maximum Gasteiger partial charge on any atom is 0.412 e. The van der Waals surface area contributed by atoms with Gasteiger partial charge >= 0.3 is 11.8 Å². The number of benzene rings is 1. The van der Waals surface area contributed by atoms with Crippen molar-refractivity contribution in [3.05, 3.63) is 33.9 Å². The highest BCUT2D eigenvalue weighted by atomic mass is 19.1. The van der Waals surface area contributed by atoms with E-state index in [9.17, 15) is 23.7 Å². The Morgan fingerprint density at radius 1 is 1.37 bits per heavy atom. The molecule has 0 unspecified atom stereocenters. The summed E-state index contributed by atoms with van der Waals surface area (Å²) in [6.45, 7) is 4.73. The SMILES string of the molecule is CC(C)(C)OC(=O)Nc1cc(F)cc(F)c1[N+](=O)[O-]. The first-order valence-electron chi connectivity index (χ1n) is 5.23. The van der Waals surface area contributed by atoms with Gasteiger partial charge in [-0.15, -0.1) is 0 Å². The van der Waals surface area contributed by atoms with Gasteiger partial charge in [0, 0.05) is 12.1 Å². The van der Waals surface area contributed by atoms with E-state index in [1.807, 2.05) is 5.32 Å². The summed E-state index contributed by atoms with van der Waals surface area (Å²) >= 11 is 0. The smallest absolute Gasteiger partial charge is 0.412 e. The number of rotatable bonds is 2. The van der Waals surface area contributed by atoms with E-state index in [1.54, 1.807) is 20.8 Å². The van der Waals surface area contributed by atoms with Crippen LogP contribution < -0.4 is 5.32 Å². The molecule has 0 atom stereocenters. The summed E-state index contributed by atoms with van der Waals surface area (Å²) in [5, 5.41) is 12.6. The van der Waals surface area contributed by atoms with Crippen LogP contribution in [0.3, 0.4) is 0 Å². The van der Waals surface area contributed by atoms with Gasteiger partial charge in [-0.1, -0.05) is 0 Å². The minimum Gasteiger partial charge on any atom is -0.444 e. The van der Waals surface area contributed by atoms with Crippen LogP contribution in [0.1, 0.15) is 20.8 Å². The highest BCUT2D eigenvalue weighted by Crippen LogP contribution is 2.29. The van der Waals surface area contributed by atoms with Gasteiger partial charge in [-0.3, -0.25) is 15.4 Å². The maximum atomic E-state index is 13.3. The van der Waals surface area contributed by atoms with Crippen LogP contribution in [0.5, 0.6) is 0 Å². The predicted octanol–water partition coefficient (Wildman–Crippen LogP) is 3.22. The van der Waals surface area contributed by atoms with Gasteiger partial charge in [-0.2, -0.15) is 4.39 Å². The number of hydrogen-bond acceptors (Lipinski definition) is 4. The fraction of sp³-hybridized carbons (Fsp3) is 0.364. The number of carbonyl (C=O) groups excluding carboxylic acids is 1. The summed E-state index contributed by atoms with van der Waals surface area (Å²) in [6, 6.07) is 1.00. The van der Waals surface area contributed by atoms with Crippen molar-refractivity contribution in [2.75, 3.05) is 5.32 Å². The number of nitrogens with zero attached hydrogens (tertiary/aromatic N) is 1. The van der Waals surface area contributed by atoms with E-state index in [0.29, 0.717) is 12.1 Å². The number of nitro benzene ring substituents is 1. The number of nitro groups is 1. The van der Waals surface area contributed by atoms with Crippen molar-refractivity contribution in [2.45, 2.75) is 26.4 Å². The normalized spacial score (nSPS) is 11.0. The van der Waals surface area contributed by atoms with Crippen molar-refractivity contribution in [3.8, 4) is 0 Å². The molecule has 1 aromatic carbocycles. The monoisotopic (exact) mass is 274 g/mol. The molecule has 0 radical (unpaired) electrons. The zero-order chi connectivity index (χ0) is 14.8. The summed E-state index contributed by atoms with van der Waals surface area (Å²) in [5.41, 5.74) is -2.46. The molecule has 1 rings (SSSR count). The van der Waals surface area contributed by atoms with Crippen molar-refractivity contribution in [3.63, 3.8) is 0 Å². The molecule has 104 valence electrons. The fourth-order valence-corrected chi connectivity index (χ4v) is 1.26. The summed E-state index contributed by atoms with van der Waals surface area (Å²) < 4.78 is 31.1. The van der Waals surface area contributed by atoms with Crippen molar-refractivity contribution in [1.29, 1.82) is 0 Å². The Balaban J connectivity index is 3.07. The molecule has 19 heavy (non-hydrogen) atoms.